The highest BCUT2D eigenvalue weighted by atomic mass is 19.4. The smallest absolute Gasteiger partial charge is 0.416 e. The molecule has 1 saturated heterocycles. The van der Waals surface area contributed by atoms with Crippen molar-refractivity contribution in [2.75, 3.05) is 13.2 Å². The Morgan fingerprint density at radius 1 is 1.32 bits per heavy atom. The molecule has 0 aromatic heterocycles. The summed E-state index contributed by atoms with van der Waals surface area (Å²) < 4.78 is 42.8. The third-order valence-electron chi connectivity index (χ3n) is 3.92. The van der Waals surface area contributed by atoms with Crippen molar-refractivity contribution in [2.45, 2.75) is 38.0 Å². The number of ether oxygens (including phenoxy) is 1. The monoisotopic (exact) mass is 316 g/mol. The quantitative estimate of drug-likeness (QED) is 0.908. The molecule has 22 heavy (non-hydrogen) atoms. The van der Waals surface area contributed by atoms with E-state index in [-0.39, 0.29) is 13.2 Å². The normalized spacial score (nSPS) is 22.0. The molecule has 1 aliphatic rings. The van der Waals surface area contributed by atoms with Crippen molar-refractivity contribution in [3.8, 4) is 0 Å². The minimum atomic E-state index is -4.36. The zero-order chi connectivity index (χ0) is 16.4. The molecule has 1 amide bonds. The lowest BCUT2D eigenvalue weighted by atomic mass is 9.95. The topological polar surface area (TPSA) is 55.6 Å². The summed E-state index contributed by atoms with van der Waals surface area (Å²) in [5.41, 5.74) is 4.96. The molecular weight excluding hydrogens is 297 g/mol. The first-order chi connectivity index (χ1) is 10.3. The predicted molar refractivity (Wildman–Crippen MR) is 75.0 cm³/mol. The number of hydrogen-bond donors (Lipinski definition) is 1. The number of rotatable bonds is 5. The van der Waals surface area contributed by atoms with Gasteiger partial charge in [0.25, 0.3) is 0 Å². The van der Waals surface area contributed by atoms with Gasteiger partial charge in [-0.1, -0.05) is 12.1 Å². The zero-order valence-electron chi connectivity index (χ0n) is 12.3. The van der Waals surface area contributed by atoms with Crippen molar-refractivity contribution in [2.24, 2.45) is 5.73 Å². The van der Waals surface area contributed by atoms with Gasteiger partial charge in [-0.15, -0.1) is 0 Å². The summed E-state index contributed by atoms with van der Waals surface area (Å²) in [5, 5.41) is 0. The lowest BCUT2D eigenvalue weighted by Gasteiger charge is -2.32. The summed E-state index contributed by atoms with van der Waals surface area (Å²) in [7, 11) is 0. The second kappa shape index (κ2) is 6.16. The van der Waals surface area contributed by atoms with Crippen LogP contribution in [0.25, 0.3) is 0 Å². The molecular formula is C15H19F3N2O2. The number of carbonyl (C=O) groups is 1. The summed E-state index contributed by atoms with van der Waals surface area (Å²) in [5.74, 6) is 0. The molecule has 0 radical (unpaired) electrons. The van der Waals surface area contributed by atoms with E-state index in [2.05, 4.69) is 0 Å². The summed E-state index contributed by atoms with van der Waals surface area (Å²) in [6, 6.07) is 4.82. The Balaban J connectivity index is 2.12. The molecule has 0 saturated carbocycles. The lowest BCUT2D eigenvalue weighted by Crippen LogP contribution is -2.44. The number of carbonyl (C=O) groups excluding carboxylic acids is 1. The van der Waals surface area contributed by atoms with Gasteiger partial charge in [0.2, 0.25) is 0 Å². The van der Waals surface area contributed by atoms with Crippen LogP contribution in [0.3, 0.4) is 0 Å². The van der Waals surface area contributed by atoms with Crippen molar-refractivity contribution < 1.29 is 22.7 Å². The molecule has 7 heteroatoms. The lowest BCUT2D eigenvalue weighted by molar-refractivity contribution is -0.137. The van der Waals surface area contributed by atoms with E-state index in [1.165, 1.54) is 12.1 Å². The number of alkyl halides is 3. The van der Waals surface area contributed by atoms with E-state index in [1.807, 2.05) is 6.92 Å². The van der Waals surface area contributed by atoms with Gasteiger partial charge in [-0.2, -0.15) is 13.2 Å². The summed E-state index contributed by atoms with van der Waals surface area (Å²) in [6.45, 7) is 2.90. The first-order valence-electron chi connectivity index (χ1n) is 7.07. The number of amides is 1. The van der Waals surface area contributed by atoms with Gasteiger partial charge in [0.1, 0.15) is 6.61 Å². The average Bonchev–Trinajstić information content (AvgIpc) is 2.74. The van der Waals surface area contributed by atoms with Crippen molar-refractivity contribution in [1.82, 2.24) is 4.90 Å². The van der Waals surface area contributed by atoms with Crippen LogP contribution in [-0.4, -0.2) is 29.7 Å². The van der Waals surface area contributed by atoms with Gasteiger partial charge >= 0.3 is 12.3 Å². The fourth-order valence-corrected chi connectivity index (χ4v) is 2.52. The van der Waals surface area contributed by atoms with E-state index in [0.717, 1.165) is 18.6 Å². The van der Waals surface area contributed by atoms with E-state index in [0.29, 0.717) is 18.5 Å². The maximum Gasteiger partial charge on any atom is 0.416 e. The molecule has 122 valence electrons. The van der Waals surface area contributed by atoms with Gasteiger partial charge in [0, 0.05) is 6.54 Å². The number of benzene rings is 1. The maximum atomic E-state index is 12.6. The summed E-state index contributed by atoms with van der Waals surface area (Å²) >= 11 is 0. The molecule has 1 fully saturated rings. The standard InChI is InChI=1S/C15H19F3N2O2/c1-14(7-2-8-19)10-22-13(21)20(14)9-11-3-5-12(6-4-11)15(16,17)18/h3-6H,2,7-10,19H2,1H3. The van der Waals surface area contributed by atoms with E-state index in [9.17, 15) is 18.0 Å². The Kier molecular flexibility index (Phi) is 4.65. The van der Waals surface area contributed by atoms with Crippen LogP contribution in [0, 0.1) is 0 Å². The Labute approximate surface area is 127 Å². The Morgan fingerprint density at radius 3 is 2.50 bits per heavy atom. The van der Waals surface area contributed by atoms with Crippen molar-refractivity contribution >= 4 is 6.09 Å². The largest absolute Gasteiger partial charge is 0.447 e. The van der Waals surface area contributed by atoms with Gasteiger partial charge in [-0.3, -0.25) is 4.90 Å². The molecule has 1 aliphatic heterocycles. The first-order valence-corrected chi connectivity index (χ1v) is 7.07. The summed E-state index contributed by atoms with van der Waals surface area (Å²) in [4.78, 5) is 13.4. The molecule has 1 unspecified atom stereocenters. The molecule has 4 nitrogen and oxygen atoms in total. The third kappa shape index (κ3) is 3.52. The Morgan fingerprint density at radius 2 is 1.95 bits per heavy atom. The van der Waals surface area contributed by atoms with Crippen LogP contribution >= 0.6 is 0 Å². The second-order valence-corrected chi connectivity index (χ2v) is 5.72. The van der Waals surface area contributed by atoms with Gasteiger partial charge in [0.15, 0.2) is 0 Å². The third-order valence-corrected chi connectivity index (χ3v) is 3.92. The van der Waals surface area contributed by atoms with Crippen molar-refractivity contribution in [3.05, 3.63) is 35.4 Å². The molecule has 0 aliphatic carbocycles. The first kappa shape index (κ1) is 16.6. The van der Waals surface area contributed by atoms with Crippen LogP contribution in [-0.2, 0) is 17.5 Å². The fourth-order valence-electron chi connectivity index (χ4n) is 2.52. The molecule has 1 atom stereocenters. The number of cyclic esters (lactones) is 1. The van der Waals surface area contributed by atoms with Crippen LogP contribution in [0.5, 0.6) is 0 Å². The Bertz CT molecular complexity index is 531. The van der Waals surface area contributed by atoms with Gasteiger partial charge in [-0.25, -0.2) is 4.79 Å². The highest BCUT2D eigenvalue weighted by Crippen LogP contribution is 2.32. The molecule has 1 heterocycles. The van der Waals surface area contributed by atoms with E-state index >= 15 is 0 Å². The predicted octanol–water partition coefficient (Wildman–Crippen LogP) is 3.16. The average molecular weight is 316 g/mol. The van der Waals surface area contributed by atoms with Crippen LogP contribution in [0.4, 0.5) is 18.0 Å². The minimum absolute atomic E-state index is 0.220. The van der Waals surface area contributed by atoms with Crippen molar-refractivity contribution in [1.29, 1.82) is 0 Å². The van der Waals surface area contributed by atoms with Gasteiger partial charge in [-0.05, 0) is 44.0 Å². The van der Waals surface area contributed by atoms with Crippen LogP contribution in [0.1, 0.15) is 30.9 Å². The SMILES string of the molecule is CC1(CCCN)COC(=O)N1Cc1ccc(C(F)(F)F)cc1. The molecule has 1 aromatic rings. The van der Waals surface area contributed by atoms with Gasteiger partial charge < -0.3 is 10.5 Å². The zero-order valence-corrected chi connectivity index (χ0v) is 12.3. The van der Waals surface area contributed by atoms with Crippen molar-refractivity contribution in [3.63, 3.8) is 0 Å². The molecule has 0 bridgehead atoms. The Hall–Kier alpha value is -1.76. The molecule has 1 aromatic carbocycles. The number of halogens is 3. The van der Waals surface area contributed by atoms with E-state index in [4.69, 9.17) is 10.5 Å². The second-order valence-electron chi connectivity index (χ2n) is 5.72. The van der Waals surface area contributed by atoms with Crippen LogP contribution < -0.4 is 5.73 Å². The van der Waals surface area contributed by atoms with Crippen LogP contribution in [0.15, 0.2) is 24.3 Å². The highest BCUT2D eigenvalue weighted by Gasteiger charge is 2.43. The van der Waals surface area contributed by atoms with E-state index < -0.39 is 23.4 Å². The molecule has 2 rings (SSSR count). The summed E-state index contributed by atoms with van der Waals surface area (Å²) in [6.07, 6.45) is -3.37. The fraction of sp³-hybridized carbons (Fsp3) is 0.533. The van der Waals surface area contributed by atoms with Gasteiger partial charge in [0.05, 0.1) is 11.1 Å². The van der Waals surface area contributed by atoms with E-state index in [1.54, 1.807) is 4.90 Å². The number of nitrogens with zero attached hydrogens (tertiary/aromatic N) is 1. The highest BCUT2D eigenvalue weighted by molar-refractivity contribution is 5.71. The minimum Gasteiger partial charge on any atom is -0.447 e. The number of nitrogens with two attached hydrogens (primary N) is 1. The molecule has 2 N–H and O–H groups in total. The number of hydrogen-bond acceptors (Lipinski definition) is 3. The van der Waals surface area contributed by atoms with Crippen LogP contribution in [0.2, 0.25) is 0 Å². The maximum absolute atomic E-state index is 12.6. The molecule has 0 spiro atoms.